The zero-order valence-electron chi connectivity index (χ0n) is 10.7. The summed E-state index contributed by atoms with van der Waals surface area (Å²) >= 11 is 0. The topological polar surface area (TPSA) is 61.4 Å². The van der Waals surface area contributed by atoms with Gasteiger partial charge < -0.3 is 15.5 Å². The largest absolute Gasteiger partial charge is 0.359 e. The predicted molar refractivity (Wildman–Crippen MR) is 69.1 cm³/mol. The maximum atomic E-state index is 11.9. The van der Waals surface area contributed by atoms with E-state index >= 15 is 0 Å². The molecule has 2 atom stereocenters. The molecular formula is C11H22ClN3O2. The van der Waals surface area contributed by atoms with Gasteiger partial charge in [-0.3, -0.25) is 9.59 Å². The SMILES string of the molecule is CNC(=O)C(C)CN(C)C(=O)C1CCCN1.Cl. The summed E-state index contributed by atoms with van der Waals surface area (Å²) in [5, 5.41) is 5.75. The van der Waals surface area contributed by atoms with Gasteiger partial charge >= 0.3 is 0 Å². The van der Waals surface area contributed by atoms with Crippen LogP contribution in [0.15, 0.2) is 0 Å². The summed E-state index contributed by atoms with van der Waals surface area (Å²) in [5.41, 5.74) is 0. The van der Waals surface area contributed by atoms with Crippen LogP contribution in [-0.4, -0.2) is 49.9 Å². The highest BCUT2D eigenvalue weighted by atomic mass is 35.5. The maximum Gasteiger partial charge on any atom is 0.239 e. The fraction of sp³-hybridized carbons (Fsp3) is 0.818. The highest BCUT2D eigenvalue weighted by Gasteiger charge is 2.26. The maximum absolute atomic E-state index is 11.9. The van der Waals surface area contributed by atoms with E-state index in [0.29, 0.717) is 6.54 Å². The van der Waals surface area contributed by atoms with Crippen molar-refractivity contribution in [1.29, 1.82) is 0 Å². The van der Waals surface area contributed by atoms with Crippen LogP contribution in [0.5, 0.6) is 0 Å². The molecule has 0 spiro atoms. The number of nitrogens with zero attached hydrogens (tertiary/aromatic N) is 1. The average molecular weight is 264 g/mol. The molecule has 1 rings (SSSR count). The van der Waals surface area contributed by atoms with Crippen LogP contribution in [0.4, 0.5) is 0 Å². The van der Waals surface area contributed by atoms with Crippen molar-refractivity contribution in [3.05, 3.63) is 0 Å². The van der Waals surface area contributed by atoms with Gasteiger partial charge in [0.25, 0.3) is 0 Å². The molecule has 2 amide bonds. The van der Waals surface area contributed by atoms with Crippen molar-refractivity contribution in [2.45, 2.75) is 25.8 Å². The lowest BCUT2D eigenvalue weighted by Crippen LogP contribution is -2.45. The lowest BCUT2D eigenvalue weighted by molar-refractivity contribution is -0.133. The van der Waals surface area contributed by atoms with E-state index in [4.69, 9.17) is 0 Å². The van der Waals surface area contributed by atoms with Gasteiger partial charge in [0.15, 0.2) is 0 Å². The molecule has 0 saturated carbocycles. The third-order valence-corrected chi connectivity index (χ3v) is 2.98. The van der Waals surface area contributed by atoms with Gasteiger partial charge in [-0.25, -0.2) is 0 Å². The van der Waals surface area contributed by atoms with Gasteiger partial charge in [0, 0.05) is 20.6 Å². The van der Waals surface area contributed by atoms with E-state index < -0.39 is 0 Å². The highest BCUT2D eigenvalue weighted by Crippen LogP contribution is 2.09. The Labute approximate surface area is 109 Å². The lowest BCUT2D eigenvalue weighted by atomic mass is 10.1. The Morgan fingerprint density at radius 2 is 2.18 bits per heavy atom. The van der Waals surface area contributed by atoms with Crippen LogP contribution >= 0.6 is 12.4 Å². The standard InChI is InChI=1S/C11H21N3O2.ClH/c1-8(10(15)12-2)7-14(3)11(16)9-5-4-6-13-9;/h8-9,13H,4-7H2,1-3H3,(H,12,15);1H. The number of rotatable bonds is 4. The third kappa shape index (κ3) is 4.52. The summed E-state index contributed by atoms with van der Waals surface area (Å²) in [5.74, 6) is -0.104. The molecule has 0 aliphatic carbocycles. The second-order valence-electron chi connectivity index (χ2n) is 4.38. The van der Waals surface area contributed by atoms with Gasteiger partial charge in [0.05, 0.1) is 12.0 Å². The zero-order valence-corrected chi connectivity index (χ0v) is 11.5. The molecule has 1 aliphatic heterocycles. The summed E-state index contributed by atoms with van der Waals surface area (Å²) in [6.45, 7) is 3.20. The van der Waals surface area contributed by atoms with Gasteiger partial charge in [-0.05, 0) is 19.4 Å². The number of amides is 2. The molecule has 0 aromatic carbocycles. The van der Waals surface area contributed by atoms with Crippen LogP contribution in [0.25, 0.3) is 0 Å². The molecule has 2 N–H and O–H groups in total. The molecule has 17 heavy (non-hydrogen) atoms. The van der Waals surface area contributed by atoms with E-state index in [0.717, 1.165) is 19.4 Å². The fourth-order valence-corrected chi connectivity index (χ4v) is 1.99. The summed E-state index contributed by atoms with van der Waals surface area (Å²) in [6, 6.07) is -0.0538. The first-order valence-electron chi connectivity index (χ1n) is 5.76. The number of nitrogens with one attached hydrogen (secondary N) is 2. The molecule has 1 saturated heterocycles. The van der Waals surface area contributed by atoms with Gasteiger partial charge in [-0.2, -0.15) is 0 Å². The van der Waals surface area contributed by atoms with Crippen LogP contribution in [0, 0.1) is 5.92 Å². The second kappa shape index (κ2) is 7.50. The van der Waals surface area contributed by atoms with Crippen molar-refractivity contribution in [2.24, 2.45) is 5.92 Å². The van der Waals surface area contributed by atoms with Crippen molar-refractivity contribution in [3.8, 4) is 0 Å². The Bertz CT molecular complexity index is 267. The molecule has 0 aromatic heterocycles. The molecule has 100 valence electrons. The minimum absolute atomic E-state index is 0. The van der Waals surface area contributed by atoms with Crippen LogP contribution in [0.1, 0.15) is 19.8 Å². The van der Waals surface area contributed by atoms with Crippen molar-refractivity contribution in [3.63, 3.8) is 0 Å². The van der Waals surface area contributed by atoms with E-state index in [1.54, 1.807) is 19.0 Å². The Kier molecular flexibility index (Phi) is 7.15. The number of carbonyl (C=O) groups excluding carboxylic acids is 2. The van der Waals surface area contributed by atoms with Crippen LogP contribution < -0.4 is 10.6 Å². The summed E-state index contributed by atoms with van der Waals surface area (Å²) in [7, 11) is 3.36. The van der Waals surface area contributed by atoms with Gasteiger partial charge in [0.1, 0.15) is 0 Å². The summed E-state index contributed by atoms with van der Waals surface area (Å²) in [6.07, 6.45) is 1.95. The first-order valence-corrected chi connectivity index (χ1v) is 5.76. The fourth-order valence-electron chi connectivity index (χ4n) is 1.99. The number of likely N-dealkylation sites (N-methyl/N-ethyl adjacent to an activating group) is 1. The molecule has 0 radical (unpaired) electrons. The molecule has 5 nitrogen and oxygen atoms in total. The van der Waals surface area contributed by atoms with E-state index in [1.807, 2.05) is 6.92 Å². The van der Waals surface area contributed by atoms with E-state index in [9.17, 15) is 9.59 Å². The normalized spacial score (nSPS) is 20.3. The monoisotopic (exact) mass is 263 g/mol. The number of halogens is 1. The second-order valence-corrected chi connectivity index (χ2v) is 4.38. The van der Waals surface area contributed by atoms with Gasteiger partial charge in [-0.15, -0.1) is 12.4 Å². The van der Waals surface area contributed by atoms with Crippen molar-refractivity contribution < 1.29 is 9.59 Å². The van der Waals surface area contributed by atoms with E-state index in [2.05, 4.69) is 10.6 Å². The minimum atomic E-state index is -0.166. The molecule has 1 fully saturated rings. The number of carbonyl (C=O) groups is 2. The molecule has 0 bridgehead atoms. The summed E-state index contributed by atoms with van der Waals surface area (Å²) in [4.78, 5) is 24.9. The predicted octanol–water partition coefficient (Wildman–Crippen LogP) is 0.000700. The molecule has 0 aromatic rings. The van der Waals surface area contributed by atoms with E-state index in [-0.39, 0.29) is 36.2 Å². The average Bonchev–Trinajstić information content (AvgIpc) is 2.79. The van der Waals surface area contributed by atoms with Gasteiger partial charge in [0.2, 0.25) is 11.8 Å². The Hall–Kier alpha value is -0.810. The van der Waals surface area contributed by atoms with Crippen LogP contribution in [0.2, 0.25) is 0 Å². The molecule has 2 unspecified atom stereocenters. The van der Waals surface area contributed by atoms with Crippen molar-refractivity contribution in [1.82, 2.24) is 15.5 Å². The number of hydrogen-bond acceptors (Lipinski definition) is 3. The van der Waals surface area contributed by atoms with Crippen LogP contribution in [-0.2, 0) is 9.59 Å². The first-order chi connectivity index (χ1) is 7.56. The third-order valence-electron chi connectivity index (χ3n) is 2.98. The molecular weight excluding hydrogens is 242 g/mol. The highest BCUT2D eigenvalue weighted by molar-refractivity contribution is 5.85. The lowest BCUT2D eigenvalue weighted by Gasteiger charge is -2.23. The smallest absolute Gasteiger partial charge is 0.239 e. The molecule has 1 aliphatic rings. The van der Waals surface area contributed by atoms with Gasteiger partial charge in [-0.1, -0.05) is 6.92 Å². The van der Waals surface area contributed by atoms with Crippen molar-refractivity contribution in [2.75, 3.05) is 27.2 Å². The molecule has 1 heterocycles. The van der Waals surface area contributed by atoms with Crippen molar-refractivity contribution >= 4 is 24.2 Å². The zero-order chi connectivity index (χ0) is 12.1. The minimum Gasteiger partial charge on any atom is -0.359 e. The van der Waals surface area contributed by atoms with E-state index in [1.165, 1.54) is 0 Å². The van der Waals surface area contributed by atoms with Crippen LogP contribution in [0.3, 0.4) is 0 Å². The Morgan fingerprint density at radius 3 is 2.65 bits per heavy atom. The summed E-state index contributed by atoms with van der Waals surface area (Å²) < 4.78 is 0. The Morgan fingerprint density at radius 1 is 1.53 bits per heavy atom. The quantitative estimate of drug-likeness (QED) is 0.751. The first kappa shape index (κ1) is 16.2. The Balaban J connectivity index is 0.00000256. The molecule has 6 heteroatoms. The number of hydrogen-bond donors (Lipinski definition) is 2.